The largest absolute Gasteiger partial charge is 0.497 e. The predicted octanol–water partition coefficient (Wildman–Crippen LogP) is 4.20. The van der Waals surface area contributed by atoms with Crippen LogP contribution in [-0.4, -0.2) is 35.9 Å². The molecule has 4 amide bonds. The van der Waals surface area contributed by atoms with E-state index in [0.29, 0.717) is 11.4 Å². The van der Waals surface area contributed by atoms with Crippen molar-refractivity contribution >= 4 is 29.2 Å². The average molecular weight is 447 g/mol. The second-order valence-electron chi connectivity index (χ2n) is 7.54. The van der Waals surface area contributed by atoms with Crippen LogP contribution in [0, 0.1) is 5.82 Å². The number of nitrogens with one attached hydrogen (secondary N) is 1. The molecule has 1 N–H and O–H groups in total. The zero-order valence-corrected chi connectivity index (χ0v) is 17.9. The van der Waals surface area contributed by atoms with E-state index in [0.717, 1.165) is 10.5 Å². The molecule has 1 atom stereocenters. The van der Waals surface area contributed by atoms with Crippen molar-refractivity contribution in [2.24, 2.45) is 0 Å². The Bertz CT molecular complexity index is 1150. The quantitative estimate of drug-likeness (QED) is 0.551. The van der Waals surface area contributed by atoms with Gasteiger partial charge in [0, 0.05) is 12.2 Å². The van der Waals surface area contributed by atoms with Gasteiger partial charge >= 0.3 is 6.03 Å². The van der Waals surface area contributed by atoms with Crippen LogP contribution < -0.4 is 15.0 Å². The van der Waals surface area contributed by atoms with Gasteiger partial charge in [0.15, 0.2) is 0 Å². The third-order valence-electron chi connectivity index (χ3n) is 5.35. The summed E-state index contributed by atoms with van der Waals surface area (Å²) in [5.41, 5.74) is 1.61. The summed E-state index contributed by atoms with van der Waals surface area (Å²) < 4.78 is 18.6. The van der Waals surface area contributed by atoms with Crippen LogP contribution in [0.15, 0.2) is 78.9 Å². The van der Waals surface area contributed by atoms with Crippen LogP contribution in [-0.2, 0) is 16.1 Å². The maximum atomic E-state index is 13.4. The highest BCUT2D eigenvalue weighted by atomic mass is 19.1. The molecule has 1 fully saturated rings. The Balaban J connectivity index is 1.60. The van der Waals surface area contributed by atoms with Crippen LogP contribution >= 0.6 is 0 Å². The van der Waals surface area contributed by atoms with Crippen molar-refractivity contribution in [2.75, 3.05) is 17.3 Å². The van der Waals surface area contributed by atoms with Crippen LogP contribution in [0.2, 0.25) is 0 Å². The average Bonchev–Trinajstić information content (AvgIpc) is 3.05. The number of anilines is 2. The molecule has 0 saturated carbocycles. The lowest BCUT2D eigenvalue weighted by molar-refractivity contribution is -0.124. The molecule has 0 spiro atoms. The molecule has 0 unspecified atom stereocenters. The highest BCUT2D eigenvalue weighted by Crippen LogP contribution is 2.29. The molecular weight excluding hydrogens is 425 g/mol. The summed E-state index contributed by atoms with van der Waals surface area (Å²) in [4.78, 5) is 41.6. The monoisotopic (exact) mass is 447 g/mol. The first-order chi connectivity index (χ1) is 16.0. The number of hydrogen-bond acceptors (Lipinski definition) is 4. The van der Waals surface area contributed by atoms with Gasteiger partial charge in [0.05, 0.1) is 19.2 Å². The van der Waals surface area contributed by atoms with E-state index < -0.39 is 29.7 Å². The number of amides is 4. The summed E-state index contributed by atoms with van der Waals surface area (Å²) >= 11 is 0. The first kappa shape index (κ1) is 22.0. The Morgan fingerprint density at radius 1 is 0.970 bits per heavy atom. The van der Waals surface area contributed by atoms with Gasteiger partial charge in [-0.1, -0.05) is 30.3 Å². The highest BCUT2D eigenvalue weighted by Gasteiger charge is 2.46. The van der Waals surface area contributed by atoms with Crippen molar-refractivity contribution in [1.82, 2.24) is 4.90 Å². The van der Waals surface area contributed by atoms with E-state index in [1.807, 2.05) is 6.07 Å². The number of para-hydroxylation sites is 1. The molecule has 1 saturated heterocycles. The number of urea groups is 1. The van der Waals surface area contributed by atoms with Crippen molar-refractivity contribution in [3.63, 3.8) is 0 Å². The van der Waals surface area contributed by atoms with Crippen LogP contribution in [0.4, 0.5) is 20.6 Å². The molecule has 0 radical (unpaired) electrons. The Morgan fingerprint density at radius 2 is 1.64 bits per heavy atom. The minimum absolute atomic E-state index is 0.121. The first-order valence-electron chi connectivity index (χ1n) is 10.3. The predicted molar refractivity (Wildman–Crippen MR) is 121 cm³/mol. The fourth-order valence-electron chi connectivity index (χ4n) is 3.68. The van der Waals surface area contributed by atoms with E-state index in [2.05, 4.69) is 5.32 Å². The van der Waals surface area contributed by atoms with Gasteiger partial charge in [-0.3, -0.25) is 9.59 Å². The van der Waals surface area contributed by atoms with E-state index in [1.54, 1.807) is 55.6 Å². The summed E-state index contributed by atoms with van der Waals surface area (Å²) in [6, 6.07) is 19.5. The summed E-state index contributed by atoms with van der Waals surface area (Å²) in [6.07, 6.45) is -0.215. The normalized spacial score (nSPS) is 15.6. The molecule has 1 aliphatic heterocycles. The Morgan fingerprint density at radius 3 is 2.27 bits per heavy atom. The lowest BCUT2D eigenvalue weighted by Crippen LogP contribution is -2.37. The van der Waals surface area contributed by atoms with Crippen molar-refractivity contribution in [2.45, 2.75) is 19.0 Å². The number of carbonyl (C=O) groups excluding carboxylic acids is 3. The van der Waals surface area contributed by atoms with Crippen LogP contribution in [0.5, 0.6) is 5.75 Å². The molecule has 1 heterocycles. The van der Waals surface area contributed by atoms with Gasteiger partial charge in [-0.2, -0.15) is 0 Å². The lowest BCUT2D eigenvalue weighted by Gasteiger charge is -2.22. The maximum Gasteiger partial charge on any atom is 0.332 e. The number of halogens is 1. The van der Waals surface area contributed by atoms with Crippen molar-refractivity contribution < 1.29 is 23.5 Å². The molecule has 168 valence electrons. The van der Waals surface area contributed by atoms with E-state index in [9.17, 15) is 18.8 Å². The number of methoxy groups -OCH3 is 1. The van der Waals surface area contributed by atoms with Crippen LogP contribution in [0.25, 0.3) is 0 Å². The number of ether oxygens (including phenoxy) is 1. The van der Waals surface area contributed by atoms with E-state index in [4.69, 9.17) is 4.74 Å². The van der Waals surface area contributed by atoms with E-state index in [-0.39, 0.29) is 18.7 Å². The van der Waals surface area contributed by atoms with Crippen molar-refractivity contribution in [3.05, 3.63) is 90.2 Å². The molecule has 3 aromatic rings. The van der Waals surface area contributed by atoms with E-state index in [1.165, 1.54) is 29.2 Å². The Labute approximate surface area is 190 Å². The number of rotatable bonds is 7. The molecule has 0 aromatic heterocycles. The number of imide groups is 1. The van der Waals surface area contributed by atoms with Gasteiger partial charge in [-0.15, -0.1) is 0 Å². The summed E-state index contributed by atoms with van der Waals surface area (Å²) in [5, 5.41) is 2.75. The van der Waals surface area contributed by atoms with Crippen molar-refractivity contribution in [3.8, 4) is 5.75 Å². The lowest BCUT2D eigenvalue weighted by atomic mass is 10.1. The standard InChI is InChI=1S/C25H22FN3O4/c1-33-21-13-7-17(8-14-21)16-28-22(15-23(30)27-19-5-3-2-4-6-19)24(31)29(25(28)32)20-11-9-18(26)10-12-20/h2-14,22H,15-16H2,1H3,(H,27,30)/t22-/m0/s1. The number of carbonyl (C=O) groups is 3. The Kier molecular flexibility index (Phi) is 6.35. The third-order valence-corrected chi connectivity index (χ3v) is 5.35. The maximum absolute atomic E-state index is 13.4. The molecule has 3 aromatic carbocycles. The summed E-state index contributed by atoms with van der Waals surface area (Å²) in [5.74, 6) is -0.752. The molecule has 1 aliphatic rings. The fraction of sp³-hybridized carbons (Fsp3) is 0.160. The smallest absolute Gasteiger partial charge is 0.332 e. The van der Waals surface area contributed by atoms with Crippen LogP contribution in [0.3, 0.4) is 0 Å². The molecule has 7 nitrogen and oxygen atoms in total. The topological polar surface area (TPSA) is 79.0 Å². The second kappa shape index (κ2) is 9.52. The first-order valence-corrected chi connectivity index (χ1v) is 10.3. The van der Waals surface area contributed by atoms with Gasteiger partial charge in [-0.25, -0.2) is 14.1 Å². The zero-order chi connectivity index (χ0) is 23.4. The molecule has 33 heavy (non-hydrogen) atoms. The minimum atomic E-state index is -1.01. The minimum Gasteiger partial charge on any atom is -0.497 e. The zero-order valence-electron chi connectivity index (χ0n) is 17.9. The third kappa shape index (κ3) is 4.85. The number of benzene rings is 3. The molecular formula is C25H22FN3O4. The highest BCUT2D eigenvalue weighted by molar-refractivity contribution is 6.22. The second-order valence-corrected chi connectivity index (χ2v) is 7.54. The molecule has 8 heteroatoms. The molecule has 0 bridgehead atoms. The number of nitrogens with zero attached hydrogens (tertiary/aromatic N) is 2. The number of hydrogen-bond donors (Lipinski definition) is 1. The van der Waals surface area contributed by atoms with Gasteiger partial charge in [0.1, 0.15) is 17.6 Å². The van der Waals surface area contributed by atoms with E-state index >= 15 is 0 Å². The molecule has 4 rings (SSSR count). The van der Waals surface area contributed by atoms with Crippen LogP contribution in [0.1, 0.15) is 12.0 Å². The van der Waals surface area contributed by atoms with Gasteiger partial charge in [-0.05, 0) is 54.1 Å². The van der Waals surface area contributed by atoms with Gasteiger partial charge in [0.25, 0.3) is 5.91 Å². The Hall–Kier alpha value is -4.20. The molecule has 0 aliphatic carbocycles. The van der Waals surface area contributed by atoms with Gasteiger partial charge < -0.3 is 15.0 Å². The summed E-state index contributed by atoms with van der Waals surface area (Å²) in [7, 11) is 1.56. The fourth-order valence-corrected chi connectivity index (χ4v) is 3.68. The van der Waals surface area contributed by atoms with Crippen molar-refractivity contribution in [1.29, 1.82) is 0 Å². The summed E-state index contributed by atoms with van der Waals surface area (Å²) in [6.45, 7) is 0.121. The SMILES string of the molecule is COc1ccc(CN2C(=O)N(c3ccc(F)cc3)C(=O)[C@@H]2CC(=O)Nc2ccccc2)cc1. The van der Waals surface area contributed by atoms with Gasteiger partial charge in [0.2, 0.25) is 5.91 Å².